The number of aryl methyl sites for hydroxylation is 1. The summed E-state index contributed by atoms with van der Waals surface area (Å²) in [6.45, 7) is 10.5. The molecule has 286 valence electrons. The van der Waals surface area contributed by atoms with Crippen LogP contribution in [0.4, 0.5) is 4.79 Å². The first-order valence-corrected chi connectivity index (χ1v) is 19.1. The third-order valence-corrected chi connectivity index (χ3v) is 11.8. The van der Waals surface area contributed by atoms with Gasteiger partial charge in [0.15, 0.2) is 5.84 Å². The van der Waals surface area contributed by atoms with Gasteiger partial charge < -0.3 is 32.7 Å². The van der Waals surface area contributed by atoms with E-state index in [4.69, 9.17) is 32.7 Å². The highest BCUT2D eigenvalue weighted by Gasteiger charge is 2.53. The molecular weight excluding hydrogens is 707 g/mol. The van der Waals surface area contributed by atoms with Crippen molar-refractivity contribution in [2.75, 3.05) is 35.0 Å². The van der Waals surface area contributed by atoms with E-state index in [2.05, 4.69) is 59.5 Å². The maximum atomic E-state index is 12.8. The molecule has 0 aliphatic carbocycles. The van der Waals surface area contributed by atoms with Gasteiger partial charge in [0.25, 0.3) is 8.53 Å². The minimum Gasteiger partial charge on any atom is -0.497 e. The van der Waals surface area contributed by atoms with Crippen LogP contribution < -0.4 is 9.47 Å². The number of rotatable bonds is 16. The summed E-state index contributed by atoms with van der Waals surface area (Å²) in [7, 11) is 4.95. The van der Waals surface area contributed by atoms with E-state index in [1.807, 2.05) is 67.6 Å². The predicted octanol–water partition coefficient (Wildman–Crippen LogP) is 7.46. The number of urea groups is 1. The van der Waals surface area contributed by atoms with Crippen LogP contribution in [0.2, 0.25) is 0 Å². The van der Waals surface area contributed by atoms with Crippen LogP contribution in [-0.4, -0.2) is 100 Å². The molecule has 3 unspecified atom stereocenters. The van der Waals surface area contributed by atoms with E-state index in [-0.39, 0.29) is 18.7 Å². The van der Waals surface area contributed by atoms with Crippen molar-refractivity contribution in [2.24, 2.45) is 15.0 Å². The molecule has 0 radical (unpaired) electrons. The van der Waals surface area contributed by atoms with E-state index in [9.17, 15) is 4.79 Å². The van der Waals surface area contributed by atoms with Crippen LogP contribution >= 0.6 is 8.53 Å². The molecule has 54 heavy (non-hydrogen) atoms. The Morgan fingerprint density at radius 1 is 0.852 bits per heavy atom. The van der Waals surface area contributed by atoms with E-state index in [1.165, 1.54) is 0 Å². The molecule has 3 aliphatic heterocycles. The molecule has 6 atom stereocenters. The van der Waals surface area contributed by atoms with Crippen LogP contribution in [0.25, 0.3) is 0 Å². The predicted molar refractivity (Wildman–Crippen MR) is 210 cm³/mol. The molecule has 6 rings (SSSR count). The second-order valence-electron chi connectivity index (χ2n) is 13.7. The van der Waals surface area contributed by atoms with Crippen molar-refractivity contribution in [1.29, 1.82) is 0 Å². The number of hydrogen-bond donors (Lipinski definition) is 0. The van der Waals surface area contributed by atoms with Gasteiger partial charge in [-0.3, -0.25) is 0 Å². The number of amidine groups is 1. The lowest BCUT2D eigenvalue weighted by molar-refractivity contribution is -0.0735. The van der Waals surface area contributed by atoms with Gasteiger partial charge in [-0.1, -0.05) is 48.5 Å². The number of ether oxygens (including phenoxy) is 5. The summed E-state index contributed by atoms with van der Waals surface area (Å²) in [5.41, 5.74) is 3.51. The average Bonchev–Trinajstić information content (AvgIpc) is 3.79. The number of amides is 2. The highest BCUT2D eigenvalue weighted by Crippen LogP contribution is 2.50. The van der Waals surface area contributed by atoms with Crippen LogP contribution in [0.1, 0.15) is 49.9 Å². The second kappa shape index (κ2) is 17.1. The topological polar surface area (TPSA) is 122 Å². The highest BCUT2D eigenvalue weighted by molar-refractivity contribution is 7.44. The molecule has 12 nitrogen and oxygen atoms in total. The molecule has 0 bridgehead atoms. The van der Waals surface area contributed by atoms with E-state index >= 15 is 0 Å². The van der Waals surface area contributed by atoms with Gasteiger partial charge in [0.2, 0.25) is 0 Å². The van der Waals surface area contributed by atoms with Gasteiger partial charge >= 0.3 is 6.03 Å². The number of benzene rings is 3. The Morgan fingerprint density at radius 3 is 2.13 bits per heavy atom. The van der Waals surface area contributed by atoms with Crippen LogP contribution in [0.15, 0.2) is 99.4 Å². The molecule has 3 aromatic rings. The van der Waals surface area contributed by atoms with Crippen molar-refractivity contribution in [3.05, 3.63) is 107 Å². The first kappa shape index (κ1) is 39.6. The first-order chi connectivity index (χ1) is 26.1. The van der Waals surface area contributed by atoms with Gasteiger partial charge in [0.1, 0.15) is 41.5 Å². The number of aliphatic imine (C=N–C) groups is 3. The van der Waals surface area contributed by atoms with Gasteiger partial charge in [-0.2, -0.15) is 9.98 Å². The van der Waals surface area contributed by atoms with Crippen LogP contribution in [0.5, 0.6) is 11.5 Å². The summed E-state index contributed by atoms with van der Waals surface area (Å²) < 4.78 is 46.9. The summed E-state index contributed by atoms with van der Waals surface area (Å²) in [4.78, 5) is 25.4. The number of fused-ring (bicyclic) bond motifs is 1. The highest BCUT2D eigenvalue weighted by atomic mass is 31.2. The fourth-order valence-corrected chi connectivity index (χ4v) is 9.03. The van der Waals surface area contributed by atoms with E-state index in [0.29, 0.717) is 22.9 Å². The van der Waals surface area contributed by atoms with Crippen molar-refractivity contribution in [2.45, 2.75) is 76.7 Å². The third kappa shape index (κ3) is 7.70. The molecule has 1 saturated heterocycles. The van der Waals surface area contributed by atoms with Crippen LogP contribution in [-0.2, 0) is 28.9 Å². The molecule has 0 N–H and O–H groups in total. The zero-order valence-electron chi connectivity index (χ0n) is 32.3. The van der Waals surface area contributed by atoms with Crippen molar-refractivity contribution < 1.29 is 37.5 Å². The lowest BCUT2D eigenvalue weighted by Gasteiger charge is -2.39. The summed E-state index contributed by atoms with van der Waals surface area (Å²) in [5, 5.41) is 0. The molecule has 1 fully saturated rings. The van der Waals surface area contributed by atoms with Crippen molar-refractivity contribution in [3.63, 3.8) is 0 Å². The quantitative estimate of drug-likeness (QED) is 0.108. The second-order valence-corrected chi connectivity index (χ2v) is 15.2. The zero-order chi connectivity index (χ0) is 38.6. The largest absolute Gasteiger partial charge is 0.497 e. The number of carbonyl (C=O) groups excluding carboxylic acids is 1. The van der Waals surface area contributed by atoms with Crippen molar-refractivity contribution in [1.82, 2.24) is 4.67 Å². The van der Waals surface area contributed by atoms with Gasteiger partial charge in [-0.15, -0.1) is 0 Å². The normalized spacial score (nSPS) is 22.6. The minimum atomic E-state index is -1.59. The molecule has 0 spiro atoms. The van der Waals surface area contributed by atoms with E-state index in [0.717, 1.165) is 28.0 Å². The van der Waals surface area contributed by atoms with Gasteiger partial charge in [0, 0.05) is 38.1 Å². The van der Waals surface area contributed by atoms with Crippen LogP contribution in [0, 0.1) is 6.92 Å². The summed E-state index contributed by atoms with van der Waals surface area (Å²) in [5.74, 6) is 1.74. The number of nitrogens with zero attached hydrogens (tertiary/aromatic N) is 4. The van der Waals surface area contributed by atoms with Crippen molar-refractivity contribution >= 4 is 32.3 Å². The zero-order valence-corrected chi connectivity index (χ0v) is 33.2. The Bertz CT molecular complexity index is 1910. The summed E-state index contributed by atoms with van der Waals surface area (Å²) in [6.07, 6.45) is 0.423. The molecule has 2 amide bonds. The van der Waals surface area contributed by atoms with Gasteiger partial charge in [-0.25, -0.2) is 14.5 Å². The number of methoxy groups -OCH3 is 3. The van der Waals surface area contributed by atoms with E-state index < -0.39 is 44.6 Å². The summed E-state index contributed by atoms with van der Waals surface area (Å²) >= 11 is 0. The molecule has 0 saturated carbocycles. The lowest BCUT2D eigenvalue weighted by atomic mass is 9.78. The fourth-order valence-electron chi connectivity index (χ4n) is 7.43. The monoisotopic (exact) mass is 756 g/mol. The number of allylic oxidation sites excluding steroid dienone is 1. The standard InChI is InChI=1S/C41H49N4O8P/c1-25(2)45(26(3)4)54(50-9)53-36-34(52-37(38(36)49-8)35-32-21-22-42-39(32)44-40(46)43-35)24-51-41(28-13-11-10-12-14-28,29-15-17-30(47-6)18-16-29)33-20-19-31(48-7)23-27(33)5/h10-23,25-26,34,36-38H,24H2,1-9H3/t34-,36+,37?,38-,41?,54?/m1/s1. The maximum absolute atomic E-state index is 12.8. The average molecular weight is 757 g/mol. The Balaban J connectivity index is 1.48. The summed E-state index contributed by atoms with van der Waals surface area (Å²) in [6, 6.07) is 23.5. The smallest absolute Gasteiger partial charge is 0.369 e. The third-order valence-electron chi connectivity index (χ3n) is 9.79. The number of carbonyl (C=O) groups is 1. The lowest BCUT2D eigenvalue weighted by Crippen LogP contribution is -2.44. The van der Waals surface area contributed by atoms with Crippen LogP contribution in [0.3, 0.4) is 0 Å². The molecule has 3 aromatic carbocycles. The Labute approximate surface area is 318 Å². The number of hydrogen-bond acceptors (Lipinski definition) is 10. The van der Waals surface area contributed by atoms with Gasteiger partial charge in [0.05, 0.1) is 26.5 Å². The first-order valence-electron chi connectivity index (χ1n) is 18.0. The molecule has 3 heterocycles. The van der Waals surface area contributed by atoms with E-state index in [1.54, 1.807) is 40.7 Å². The molecule has 13 heteroatoms. The SMILES string of the molecule is COc1ccc(C(OC[C@H]2OC(C3=NC(=O)N=C4N=CC=C43)[C@H](OC)[C@H]2OP(OC)N(C(C)C)C(C)C)(c2ccccc2)c2ccc(OC)cc2C)cc1. The van der Waals surface area contributed by atoms with Crippen molar-refractivity contribution in [3.8, 4) is 11.5 Å². The Morgan fingerprint density at radius 2 is 1.52 bits per heavy atom. The minimum absolute atomic E-state index is 0.0430. The maximum Gasteiger partial charge on any atom is 0.369 e. The Kier molecular flexibility index (Phi) is 12.5. The molecule has 0 aromatic heterocycles. The Hall–Kier alpha value is -4.13. The fraction of sp³-hybridized carbons (Fsp3) is 0.415. The molecule has 3 aliphatic rings. The molecular formula is C41H49N4O8P. The van der Waals surface area contributed by atoms with Gasteiger partial charge in [-0.05, 0) is 87.2 Å².